The van der Waals surface area contributed by atoms with Crippen molar-refractivity contribution < 1.29 is 14.3 Å². The smallest absolute Gasteiger partial charge is 0.246 e. The minimum Gasteiger partial charge on any atom is -0.382 e. The lowest BCUT2D eigenvalue weighted by Crippen LogP contribution is -2.30. The maximum atomic E-state index is 11.4. The Morgan fingerprint density at radius 3 is 3.00 bits per heavy atom. The van der Waals surface area contributed by atoms with Gasteiger partial charge in [0.15, 0.2) is 0 Å². The van der Waals surface area contributed by atoms with Gasteiger partial charge in [0.05, 0.1) is 19.3 Å². The van der Waals surface area contributed by atoms with Crippen molar-refractivity contribution in [2.45, 2.75) is 13.0 Å². The van der Waals surface area contributed by atoms with Crippen LogP contribution in [0.3, 0.4) is 0 Å². The van der Waals surface area contributed by atoms with Crippen LogP contribution in [0.25, 0.3) is 0 Å². The van der Waals surface area contributed by atoms with E-state index in [-0.39, 0.29) is 18.6 Å². The summed E-state index contributed by atoms with van der Waals surface area (Å²) in [4.78, 5) is 12.6. The molecule has 0 aliphatic rings. The predicted octanol–water partition coefficient (Wildman–Crippen LogP) is 1.59. The molecular formula is C11H17NO3S. The highest BCUT2D eigenvalue weighted by Crippen LogP contribution is 2.17. The fourth-order valence-electron chi connectivity index (χ4n) is 1.20. The molecule has 0 saturated heterocycles. The summed E-state index contributed by atoms with van der Waals surface area (Å²) >= 11 is 1.63. The van der Waals surface area contributed by atoms with Crippen LogP contribution in [0, 0.1) is 0 Å². The second-order valence-corrected chi connectivity index (χ2v) is 4.33. The van der Waals surface area contributed by atoms with Gasteiger partial charge in [-0.05, 0) is 18.4 Å². The lowest BCUT2D eigenvalue weighted by Gasteiger charge is -2.12. The van der Waals surface area contributed by atoms with Gasteiger partial charge < -0.3 is 14.8 Å². The average molecular weight is 243 g/mol. The van der Waals surface area contributed by atoms with Gasteiger partial charge in [-0.2, -0.15) is 0 Å². The van der Waals surface area contributed by atoms with E-state index >= 15 is 0 Å². The standard InChI is InChI=1S/C11H17NO3S/c1-9(10-4-3-7-16-10)12-11(13)8-15-6-5-14-2/h3-4,7,9H,5-6,8H2,1-2H3,(H,12,13). The number of thiophene rings is 1. The van der Waals surface area contributed by atoms with Crippen molar-refractivity contribution in [1.29, 1.82) is 0 Å². The summed E-state index contributed by atoms with van der Waals surface area (Å²) in [6, 6.07) is 4.01. The molecule has 1 aromatic rings. The Morgan fingerprint density at radius 2 is 2.38 bits per heavy atom. The largest absolute Gasteiger partial charge is 0.382 e. The summed E-state index contributed by atoms with van der Waals surface area (Å²) in [6.45, 7) is 2.99. The van der Waals surface area contributed by atoms with Crippen LogP contribution in [0.4, 0.5) is 0 Å². The predicted molar refractivity (Wildman–Crippen MR) is 63.6 cm³/mol. The van der Waals surface area contributed by atoms with Gasteiger partial charge in [-0.25, -0.2) is 0 Å². The monoisotopic (exact) mass is 243 g/mol. The third-order valence-electron chi connectivity index (χ3n) is 2.01. The minimum absolute atomic E-state index is 0.0403. The Kier molecular flexibility index (Phi) is 6.07. The highest BCUT2D eigenvalue weighted by Gasteiger charge is 2.09. The fraction of sp³-hybridized carbons (Fsp3) is 0.545. The van der Waals surface area contributed by atoms with Crippen molar-refractivity contribution in [3.63, 3.8) is 0 Å². The van der Waals surface area contributed by atoms with Crippen molar-refractivity contribution >= 4 is 17.2 Å². The first-order valence-corrected chi connectivity index (χ1v) is 6.01. The molecule has 0 saturated carbocycles. The Morgan fingerprint density at radius 1 is 1.56 bits per heavy atom. The molecule has 0 bridgehead atoms. The molecule has 1 N–H and O–H groups in total. The number of amides is 1. The number of hydrogen-bond donors (Lipinski definition) is 1. The molecule has 4 nitrogen and oxygen atoms in total. The molecule has 5 heteroatoms. The zero-order valence-corrected chi connectivity index (χ0v) is 10.4. The molecule has 0 aliphatic carbocycles. The zero-order valence-electron chi connectivity index (χ0n) is 9.56. The summed E-state index contributed by atoms with van der Waals surface area (Å²) < 4.78 is 9.93. The van der Waals surface area contributed by atoms with E-state index in [9.17, 15) is 4.79 Å². The van der Waals surface area contributed by atoms with Crippen LogP contribution in [0.5, 0.6) is 0 Å². The molecule has 1 atom stereocenters. The SMILES string of the molecule is COCCOCC(=O)NC(C)c1cccs1. The third-order valence-corrected chi connectivity index (χ3v) is 3.07. The topological polar surface area (TPSA) is 47.6 Å². The number of rotatable bonds is 7. The van der Waals surface area contributed by atoms with Gasteiger partial charge in [0.25, 0.3) is 0 Å². The van der Waals surface area contributed by atoms with Gasteiger partial charge in [-0.1, -0.05) is 6.07 Å². The van der Waals surface area contributed by atoms with E-state index in [4.69, 9.17) is 9.47 Å². The number of carbonyl (C=O) groups is 1. The molecule has 0 aliphatic heterocycles. The quantitative estimate of drug-likeness (QED) is 0.740. The molecule has 90 valence electrons. The number of methoxy groups -OCH3 is 1. The lowest BCUT2D eigenvalue weighted by atomic mass is 10.3. The van der Waals surface area contributed by atoms with Crippen LogP contribution >= 0.6 is 11.3 Å². The van der Waals surface area contributed by atoms with E-state index in [1.807, 2.05) is 24.4 Å². The summed E-state index contributed by atoms with van der Waals surface area (Å²) in [5, 5.41) is 4.86. The van der Waals surface area contributed by atoms with Crippen molar-refractivity contribution in [3.05, 3.63) is 22.4 Å². The number of nitrogens with one attached hydrogen (secondary N) is 1. The zero-order chi connectivity index (χ0) is 11.8. The summed E-state index contributed by atoms with van der Waals surface area (Å²) in [7, 11) is 1.60. The molecule has 16 heavy (non-hydrogen) atoms. The normalized spacial score (nSPS) is 12.4. The van der Waals surface area contributed by atoms with Crippen LogP contribution < -0.4 is 5.32 Å². The Hall–Kier alpha value is -0.910. The summed E-state index contributed by atoms with van der Waals surface area (Å²) in [5.41, 5.74) is 0. The first-order chi connectivity index (χ1) is 7.74. The van der Waals surface area contributed by atoms with Gasteiger partial charge in [-0.15, -0.1) is 11.3 Å². The first kappa shape index (κ1) is 13.2. The van der Waals surface area contributed by atoms with Gasteiger partial charge >= 0.3 is 0 Å². The maximum absolute atomic E-state index is 11.4. The Bertz CT molecular complexity index is 300. The maximum Gasteiger partial charge on any atom is 0.246 e. The van der Waals surface area contributed by atoms with Gasteiger partial charge in [-0.3, -0.25) is 4.79 Å². The molecule has 1 amide bonds. The molecule has 0 spiro atoms. The van der Waals surface area contributed by atoms with Crippen LogP contribution in [0.15, 0.2) is 17.5 Å². The third kappa shape index (κ3) is 4.74. The minimum atomic E-state index is -0.1000. The number of hydrogen-bond acceptors (Lipinski definition) is 4. The van der Waals surface area contributed by atoms with Gasteiger partial charge in [0.2, 0.25) is 5.91 Å². The Labute approximate surface area is 99.6 Å². The molecule has 1 unspecified atom stereocenters. The van der Waals surface area contributed by atoms with Crippen LogP contribution in [-0.4, -0.2) is 32.8 Å². The van der Waals surface area contributed by atoms with Crippen LogP contribution in [0.1, 0.15) is 17.8 Å². The Balaban J connectivity index is 2.19. The highest BCUT2D eigenvalue weighted by molar-refractivity contribution is 7.10. The second kappa shape index (κ2) is 7.38. The van der Waals surface area contributed by atoms with Crippen molar-refractivity contribution in [2.24, 2.45) is 0 Å². The van der Waals surface area contributed by atoms with Crippen molar-refractivity contribution in [2.75, 3.05) is 26.9 Å². The van der Waals surface area contributed by atoms with Gasteiger partial charge in [0, 0.05) is 12.0 Å². The van der Waals surface area contributed by atoms with Crippen LogP contribution in [0.2, 0.25) is 0 Å². The number of ether oxygens (including phenoxy) is 2. The molecule has 1 rings (SSSR count). The van der Waals surface area contributed by atoms with Crippen molar-refractivity contribution in [3.8, 4) is 0 Å². The van der Waals surface area contributed by atoms with Crippen molar-refractivity contribution in [1.82, 2.24) is 5.32 Å². The van der Waals surface area contributed by atoms with E-state index < -0.39 is 0 Å². The van der Waals surface area contributed by atoms with Crippen LogP contribution in [-0.2, 0) is 14.3 Å². The molecule has 0 fully saturated rings. The van der Waals surface area contributed by atoms with E-state index in [1.54, 1.807) is 18.4 Å². The van der Waals surface area contributed by atoms with E-state index in [2.05, 4.69) is 5.32 Å². The lowest BCUT2D eigenvalue weighted by molar-refractivity contribution is -0.126. The number of carbonyl (C=O) groups excluding carboxylic acids is 1. The summed E-state index contributed by atoms with van der Waals surface area (Å²) in [5.74, 6) is -0.1000. The van der Waals surface area contributed by atoms with Gasteiger partial charge in [0.1, 0.15) is 6.61 Å². The molecular weight excluding hydrogens is 226 g/mol. The second-order valence-electron chi connectivity index (χ2n) is 3.35. The van der Waals surface area contributed by atoms with E-state index in [0.29, 0.717) is 13.2 Å². The average Bonchev–Trinajstić information content (AvgIpc) is 2.77. The molecule has 0 radical (unpaired) electrons. The molecule has 0 aromatic carbocycles. The molecule has 1 heterocycles. The first-order valence-electron chi connectivity index (χ1n) is 5.13. The van der Waals surface area contributed by atoms with E-state index in [1.165, 1.54) is 0 Å². The highest BCUT2D eigenvalue weighted by atomic mass is 32.1. The summed E-state index contributed by atoms with van der Waals surface area (Å²) in [6.07, 6.45) is 0. The van der Waals surface area contributed by atoms with E-state index in [0.717, 1.165) is 4.88 Å². The fourth-order valence-corrected chi connectivity index (χ4v) is 1.93. The molecule has 1 aromatic heterocycles.